The van der Waals surface area contributed by atoms with Gasteiger partial charge in [0.15, 0.2) is 11.6 Å². The van der Waals surface area contributed by atoms with Crippen LogP contribution in [0.3, 0.4) is 0 Å². The summed E-state index contributed by atoms with van der Waals surface area (Å²) in [7, 11) is 1.47. The first-order valence-corrected chi connectivity index (χ1v) is 10.8. The summed E-state index contributed by atoms with van der Waals surface area (Å²) in [5.74, 6) is -0.966. The largest absolute Gasteiger partial charge is 0.490 e. The molecule has 1 fully saturated rings. The number of ether oxygens (including phenoxy) is 1. The van der Waals surface area contributed by atoms with Gasteiger partial charge in [-0.3, -0.25) is 9.69 Å². The van der Waals surface area contributed by atoms with Crippen LogP contribution in [-0.2, 0) is 0 Å². The number of nitrogens with zero attached hydrogens (tertiary/aromatic N) is 2. The number of amides is 1. The molecule has 1 aliphatic rings. The van der Waals surface area contributed by atoms with Crippen molar-refractivity contribution in [3.05, 3.63) is 57.8 Å². The maximum Gasteiger partial charge on any atom is 0.254 e. The molecule has 30 heavy (non-hydrogen) atoms. The predicted octanol–water partition coefficient (Wildman–Crippen LogP) is 4.47. The number of anilines is 1. The second-order valence-corrected chi connectivity index (χ2v) is 7.94. The van der Waals surface area contributed by atoms with Crippen LogP contribution in [0.5, 0.6) is 5.75 Å². The molecule has 5 nitrogen and oxygen atoms in total. The number of carbonyl (C=O) groups excluding carboxylic acids is 1. The Labute approximate surface area is 186 Å². The Morgan fingerprint density at radius 1 is 1.10 bits per heavy atom. The van der Waals surface area contributed by atoms with Gasteiger partial charge in [-0.05, 0) is 43.7 Å². The number of hydrogen-bond donors (Lipinski definition) is 1. The van der Waals surface area contributed by atoms with E-state index < -0.39 is 11.7 Å². The van der Waals surface area contributed by atoms with Crippen LogP contribution >= 0.6 is 23.2 Å². The van der Waals surface area contributed by atoms with Crippen molar-refractivity contribution in [3.63, 3.8) is 0 Å². The van der Waals surface area contributed by atoms with Crippen LogP contribution < -0.4 is 15.0 Å². The molecule has 1 aliphatic heterocycles. The zero-order valence-corrected chi connectivity index (χ0v) is 18.5. The molecule has 0 atom stereocenters. The standard InChI is InChI=1S/C22H26Cl2FN3O2/c1-26-22(29)16-6-4-9-19(21(16)25)30-15-3-2-10-27-11-13-28(14-12-27)18-8-5-7-17(23)20(18)24/h4-9H,2-3,10-15H2,1H3,(H,26,29). The highest BCUT2D eigenvalue weighted by atomic mass is 35.5. The SMILES string of the molecule is CNC(=O)c1cccc(OCCCCN2CCN(c3cccc(Cl)c3Cl)CC2)c1F. The van der Waals surface area contributed by atoms with E-state index in [1.807, 2.05) is 12.1 Å². The molecule has 1 saturated heterocycles. The van der Waals surface area contributed by atoms with Gasteiger partial charge in [-0.25, -0.2) is 4.39 Å². The normalized spacial score (nSPS) is 14.6. The molecule has 0 saturated carbocycles. The molecule has 8 heteroatoms. The van der Waals surface area contributed by atoms with Crippen molar-refractivity contribution in [2.24, 2.45) is 0 Å². The highest BCUT2D eigenvalue weighted by molar-refractivity contribution is 6.43. The summed E-state index contributed by atoms with van der Waals surface area (Å²) >= 11 is 12.4. The average molecular weight is 454 g/mol. The molecule has 1 N–H and O–H groups in total. The number of halogens is 3. The van der Waals surface area contributed by atoms with Gasteiger partial charge >= 0.3 is 0 Å². The van der Waals surface area contributed by atoms with Gasteiger partial charge < -0.3 is 15.0 Å². The fraction of sp³-hybridized carbons (Fsp3) is 0.409. The molecule has 1 amide bonds. The van der Waals surface area contributed by atoms with Crippen LogP contribution in [0.1, 0.15) is 23.2 Å². The molecule has 1 heterocycles. The van der Waals surface area contributed by atoms with E-state index in [4.69, 9.17) is 27.9 Å². The van der Waals surface area contributed by atoms with E-state index in [-0.39, 0.29) is 11.3 Å². The summed E-state index contributed by atoms with van der Waals surface area (Å²) in [5, 5.41) is 3.61. The summed E-state index contributed by atoms with van der Waals surface area (Å²) in [6, 6.07) is 10.3. The number of unbranched alkanes of at least 4 members (excludes halogenated alkanes) is 1. The lowest BCUT2D eigenvalue weighted by atomic mass is 10.2. The number of benzene rings is 2. The van der Waals surface area contributed by atoms with E-state index in [2.05, 4.69) is 15.1 Å². The van der Waals surface area contributed by atoms with Crippen LogP contribution in [0.15, 0.2) is 36.4 Å². The second-order valence-electron chi connectivity index (χ2n) is 7.15. The summed E-state index contributed by atoms with van der Waals surface area (Å²) in [6.07, 6.45) is 1.76. The van der Waals surface area contributed by atoms with Crippen molar-refractivity contribution in [2.75, 3.05) is 51.3 Å². The smallest absolute Gasteiger partial charge is 0.254 e. The van der Waals surface area contributed by atoms with Gasteiger partial charge in [0, 0.05) is 33.2 Å². The molecule has 162 valence electrons. The maximum absolute atomic E-state index is 14.3. The highest BCUT2D eigenvalue weighted by Gasteiger charge is 2.19. The Balaban J connectivity index is 1.38. The van der Waals surface area contributed by atoms with Crippen molar-refractivity contribution >= 4 is 34.8 Å². The Morgan fingerprint density at radius 3 is 2.57 bits per heavy atom. The highest BCUT2D eigenvalue weighted by Crippen LogP contribution is 2.32. The third kappa shape index (κ3) is 5.56. The van der Waals surface area contributed by atoms with Gasteiger partial charge in [0.1, 0.15) is 0 Å². The number of nitrogens with one attached hydrogen (secondary N) is 1. The monoisotopic (exact) mass is 453 g/mol. The second kappa shape index (κ2) is 10.8. The lowest BCUT2D eigenvalue weighted by Gasteiger charge is -2.36. The lowest BCUT2D eigenvalue weighted by Crippen LogP contribution is -2.46. The van der Waals surface area contributed by atoms with Gasteiger partial charge in [0.2, 0.25) is 0 Å². The third-order valence-electron chi connectivity index (χ3n) is 5.21. The van der Waals surface area contributed by atoms with Crippen molar-refractivity contribution in [2.45, 2.75) is 12.8 Å². The third-order valence-corrected chi connectivity index (χ3v) is 6.01. The fourth-order valence-corrected chi connectivity index (χ4v) is 3.92. The predicted molar refractivity (Wildman–Crippen MR) is 120 cm³/mol. The molecular weight excluding hydrogens is 428 g/mol. The minimum atomic E-state index is -0.618. The van der Waals surface area contributed by atoms with Crippen molar-refractivity contribution < 1.29 is 13.9 Å². The van der Waals surface area contributed by atoms with Gasteiger partial charge in [0.05, 0.1) is 27.9 Å². The number of piperazine rings is 1. The number of carbonyl (C=O) groups is 1. The van der Waals surface area contributed by atoms with E-state index in [1.54, 1.807) is 18.2 Å². The van der Waals surface area contributed by atoms with Crippen molar-refractivity contribution in [3.8, 4) is 5.75 Å². The molecule has 2 aromatic carbocycles. The van der Waals surface area contributed by atoms with Crippen molar-refractivity contribution in [1.29, 1.82) is 0 Å². The maximum atomic E-state index is 14.3. The van der Waals surface area contributed by atoms with E-state index in [0.29, 0.717) is 16.7 Å². The molecule has 3 rings (SSSR count). The Bertz CT molecular complexity index is 873. The van der Waals surface area contributed by atoms with Gasteiger partial charge in [0.25, 0.3) is 5.91 Å². The van der Waals surface area contributed by atoms with Crippen molar-refractivity contribution in [1.82, 2.24) is 10.2 Å². The minimum absolute atomic E-state index is 0.00678. The summed E-state index contributed by atoms with van der Waals surface area (Å²) in [6.45, 7) is 5.06. The summed E-state index contributed by atoms with van der Waals surface area (Å²) in [4.78, 5) is 16.3. The van der Waals surface area contributed by atoms with Crippen LogP contribution in [0.4, 0.5) is 10.1 Å². The molecule has 0 aliphatic carbocycles. The Hall–Kier alpha value is -2.02. The minimum Gasteiger partial charge on any atom is -0.490 e. The zero-order valence-electron chi connectivity index (χ0n) is 17.0. The first-order valence-electron chi connectivity index (χ1n) is 10.1. The van der Waals surface area contributed by atoms with Gasteiger partial charge in [-0.15, -0.1) is 0 Å². The molecule has 0 spiro atoms. The van der Waals surface area contributed by atoms with Crippen LogP contribution in [0, 0.1) is 5.82 Å². The van der Waals surface area contributed by atoms with Crippen LogP contribution in [-0.4, -0.2) is 57.2 Å². The fourth-order valence-electron chi connectivity index (χ4n) is 3.50. The Morgan fingerprint density at radius 2 is 1.83 bits per heavy atom. The molecular formula is C22H26Cl2FN3O2. The topological polar surface area (TPSA) is 44.8 Å². The van der Waals surface area contributed by atoms with E-state index in [1.165, 1.54) is 13.1 Å². The molecule has 2 aromatic rings. The van der Waals surface area contributed by atoms with E-state index in [0.717, 1.165) is 51.3 Å². The number of hydrogen-bond acceptors (Lipinski definition) is 4. The molecule has 0 aromatic heterocycles. The quantitative estimate of drug-likeness (QED) is 0.598. The van der Waals surface area contributed by atoms with Crippen LogP contribution in [0.25, 0.3) is 0 Å². The summed E-state index contributed by atoms with van der Waals surface area (Å²) in [5.41, 5.74) is 0.978. The molecule has 0 unspecified atom stereocenters. The van der Waals surface area contributed by atoms with E-state index >= 15 is 0 Å². The molecule has 0 radical (unpaired) electrons. The lowest BCUT2D eigenvalue weighted by molar-refractivity contribution is 0.0958. The zero-order chi connectivity index (χ0) is 21.5. The first kappa shape index (κ1) is 22.7. The van der Waals surface area contributed by atoms with Crippen LogP contribution in [0.2, 0.25) is 10.0 Å². The van der Waals surface area contributed by atoms with Gasteiger partial charge in [-0.2, -0.15) is 0 Å². The summed E-state index contributed by atoms with van der Waals surface area (Å²) < 4.78 is 19.9. The Kier molecular flexibility index (Phi) is 8.19. The van der Waals surface area contributed by atoms with Gasteiger partial charge in [-0.1, -0.05) is 35.3 Å². The van der Waals surface area contributed by atoms with E-state index in [9.17, 15) is 9.18 Å². The first-order chi connectivity index (χ1) is 14.5. The number of rotatable bonds is 8. The average Bonchev–Trinajstić information content (AvgIpc) is 2.76. The molecule has 0 bridgehead atoms.